The zero-order chi connectivity index (χ0) is 8.15. The Morgan fingerprint density at radius 2 is 1.90 bits per heavy atom. The standard InChI is InChI=1S/C9H11Cl/c1-5-7(2)6-8(3)9(4)10/h1,6H,2-4H3/b7-6-,9-8+. The van der Waals surface area contributed by atoms with Gasteiger partial charge < -0.3 is 0 Å². The van der Waals surface area contributed by atoms with Gasteiger partial charge in [0.05, 0.1) is 0 Å². The SMILES string of the molecule is C#C/C(C)=C\C(C)=C(/C)Cl. The predicted molar refractivity (Wildman–Crippen MR) is 46.8 cm³/mol. The quantitative estimate of drug-likeness (QED) is 0.402. The second kappa shape index (κ2) is 4.19. The van der Waals surface area contributed by atoms with E-state index in [0.717, 1.165) is 16.2 Å². The Morgan fingerprint density at radius 1 is 1.40 bits per heavy atom. The Labute approximate surface area is 67.6 Å². The van der Waals surface area contributed by atoms with Crippen molar-refractivity contribution in [3.05, 3.63) is 22.3 Å². The normalized spacial score (nSPS) is 14.1. The van der Waals surface area contributed by atoms with Gasteiger partial charge in [0.2, 0.25) is 0 Å². The van der Waals surface area contributed by atoms with Gasteiger partial charge in [-0.1, -0.05) is 17.5 Å². The molecule has 0 rings (SSSR count). The molecule has 54 valence electrons. The molecule has 0 amide bonds. The summed E-state index contributed by atoms with van der Waals surface area (Å²) in [4.78, 5) is 0. The zero-order valence-corrected chi connectivity index (χ0v) is 7.29. The fraction of sp³-hybridized carbons (Fsp3) is 0.333. The highest BCUT2D eigenvalue weighted by atomic mass is 35.5. The molecule has 0 radical (unpaired) electrons. The smallest absolute Gasteiger partial charge is 0.0179 e. The summed E-state index contributed by atoms with van der Waals surface area (Å²) in [6.07, 6.45) is 7.03. The lowest BCUT2D eigenvalue weighted by molar-refractivity contribution is 1.41. The zero-order valence-electron chi connectivity index (χ0n) is 6.53. The van der Waals surface area contributed by atoms with Crippen molar-refractivity contribution in [1.82, 2.24) is 0 Å². The first-order chi connectivity index (χ1) is 4.57. The van der Waals surface area contributed by atoms with Gasteiger partial charge in [0.15, 0.2) is 0 Å². The highest BCUT2D eigenvalue weighted by molar-refractivity contribution is 6.29. The van der Waals surface area contributed by atoms with Gasteiger partial charge in [0.25, 0.3) is 0 Å². The van der Waals surface area contributed by atoms with E-state index >= 15 is 0 Å². The molecule has 0 aliphatic heterocycles. The molecule has 0 N–H and O–H groups in total. The average molecular weight is 155 g/mol. The van der Waals surface area contributed by atoms with Gasteiger partial charge in [-0.15, -0.1) is 6.42 Å². The summed E-state index contributed by atoms with van der Waals surface area (Å²) in [5, 5.41) is 0.787. The van der Waals surface area contributed by atoms with Crippen LogP contribution in [0.2, 0.25) is 0 Å². The topological polar surface area (TPSA) is 0 Å². The van der Waals surface area contributed by atoms with E-state index in [2.05, 4.69) is 5.92 Å². The van der Waals surface area contributed by atoms with E-state index in [1.165, 1.54) is 0 Å². The summed E-state index contributed by atoms with van der Waals surface area (Å²) in [6, 6.07) is 0. The Bertz CT molecular complexity index is 209. The number of hydrogen-bond acceptors (Lipinski definition) is 0. The molecule has 0 saturated heterocycles. The molecule has 0 spiro atoms. The van der Waals surface area contributed by atoms with Crippen LogP contribution in [0.4, 0.5) is 0 Å². The van der Waals surface area contributed by atoms with Gasteiger partial charge in [0.1, 0.15) is 0 Å². The maximum Gasteiger partial charge on any atom is 0.0179 e. The molecule has 0 nitrogen and oxygen atoms in total. The molecule has 0 heterocycles. The third kappa shape index (κ3) is 3.37. The minimum absolute atomic E-state index is 0.787. The van der Waals surface area contributed by atoms with E-state index in [4.69, 9.17) is 18.0 Å². The molecule has 0 aromatic carbocycles. The van der Waals surface area contributed by atoms with Gasteiger partial charge >= 0.3 is 0 Å². The first-order valence-electron chi connectivity index (χ1n) is 3.06. The lowest BCUT2D eigenvalue weighted by atomic mass is 10.2. The molecule has 0 saturated carbocycles. The van der Waals surface area contributed by atoms with Crippen LogP contribution < -0.4 is 0 Å². The van der Waals surface area contributed by atoms with Crippen LogP contribution in [-0.4, -0.2) is 0 Å². The number of halogens is 1. The third-order valence-corrected chi connectivity index (χ3v) is 1.50. The number of terminal acetylenes is 1. The van der Waals surface area contributed by atoms with Crippen LogP contribution in [-0.2, 0) is 0 Å². The highest BCUT2D eigenvalue weighted by Gasteiger charge is 1.88. The lowest BCUT2D eigenvalue weighted by Gasteiger charge is -1.93. The molecule has 0 fully saturated rings. The highest BCUT2D eigenvalue weighted by Crippen LogP contribution is 2.10. The van der Waals surface area contributed by atoms with Crippen molar-refractivity contribution in [3.63, 3.8) is 0 Å². The predicted octanol–water partition coefficient (Wildman–Crippen LogP) is 3.10. The molecule has 10 heavy (non-hydrogen) atoms. The van der Waals surface area contributed by atoms with E-state index < -0.39 is 0 Å². The maximum absolute atomic E-state index is 5.70. The fourth-order valence-electron chi connectivity index (χ4n) is 0.466. The van der Waals surface area contributed by atoms with Crippen molar-refractivity contribution in [3.8, 4) is 12.3 Å². The van der Waals surface area contributed by atoms with E-state index in [-0.39, 0.29) is 0 Å². The fourth-order valence-corrected chi connectivity index (χ4v) is 0.520. The largest absolute Gasteiger partial charge is 0.115 e. The Morgan fingerprint density at radius 3 is 2.20 bits per heavy atom. The van der Waals surface area contributed by atoms with Crippen LogP contribution in [0.25, 0.3) is 0 Å². The van der Waals surface area contributed by atoms with E-state index in [1.54, 1.807) is 0 Å². The number of hydrogen-bond donors (Lipinski definition) is 0. The second-order valence-electron chi connectivity index (χ2n) is 2.19. The van der Waals surface area contributed by atoms with Crippen LogP contribution in [0.1, 0.15) is 20.8 Å². The van der Waals surface area contributed by atoms with E-state index in [0.29, 0.717) is 0 Å². The molecular formula is C9H11Cl. The van der Waals surface area contributed by atoms with Crippen LogP contribution in [0.15, 0.2) is 22.3 Å². The molecule has 0 unspecified atom stereocenters. The molecule has 0 aliphatic carbocycles. The van der Waals surface area contributed by atoms with Gasteiger partial charge in [-0.25, -0.2) is 0 Å². The summed E-state index contributed by atoms with van der Waals surface area (Å²) in [5.41, 5.74) is 1.93. The monoisotopic (exact) mass is 154 g/mol. The first kappa shape index (κ1) is 9.33. The Hall–Kier alpha value is -0.670. The summed E-state index contributed by atoms with van der Waals surface area (Å²) < 4.78 is 0. The third-order valence-electron chi connectivity index (χ3n) is 1.20. The van der Waals surface area contributed by atoms with Crippen molar-refractivity contribution >= 4 is 11.6 Å². The van der Waals surface area contributed by atoms with Crippen molar-refractivity contribution in [2.24, 2.45) is 0 Å². The Kier molecular flexibility index (Phi) is 3.91. The minimum atomic E-state index is 0.787. The number of rotatable bonds is 1. The Balaban J connectivity index is 4.47. The number of allylic oxidation sites excluding steroid dienone is 4. The molecular weight excluding hydrogens is 144 g/mol. The van der Waals surface area contributed by atoms with Crippen LogP contribution >= 0.6 is 11.6 Å². The van der Waals surface area contributed by atoms with Crippen molar-refractivity contribution < 1.29 is 0 Å². The van der Waals surface area contributed by atoms with Crippen LogP contribution in [0.3, 0.4) is 0 Å². The van der Waals surface area contributed by atoms with Gasteiger partial charge in [-0.05, 0) is 38.0 Å². The van der Waals surface area contributed by atoms with Crippen LogP contribution in [0, 0.1) is 12.3 Å². The molecule has 0 aliphatic rings. The lowest BCUT2D eigenvalue weighted by Crippen LogP contribution is -1.74. The van der Waals surface area contributed by atoms with Crippen molar-refractivity contribution in [2.75, 3.05) is 0 Å². The average Bonchev–Trinajstić information content (AvgIpc) is 1.87. The van der Waals surface area contributed by atoms with Crippen LogP contribution in [0.5, 0.6) is 0 Å². The summed E-state index contributed by atoms with van der Waals surface area (Å²) >= 11 is 5.70. The molecule has 0 aromatic heterocycles. The van der Waals surface area contributed by atoms with Gasteiger partial charge in [0, 0.05) is 5.03 Å². The van der Waals surface area contributed by atoms with Crippen molar-refractivity contribution in [1.29, 1.82) is 0 Å². The van der Waals surface area contributed by atoms with Crippen molar-refractivity contribution in [2.45, 2.75) is 20.8 Å². The summed E-state index contributed by atoms with van der Waals surface area (Å²) in [6.45, 7) is 5.66. The van der Waals surface area contributed by atoms with E-state index in [1.807, 2.05) is 26.8 Å². The molecule has 0 aromatic rings. The second-order valence-corrected chi connectivity index (χ2v) is 2.76. The van der Waals surface area contributed by atoms with Gasteiger partial charge in [-0.2, -0.15) is 0 Å². The molecule has 0 bridgehead atoms. The summed E-state index contributed by atoms with van der Waals surface area (Å²) in [7, 11) is 0. The van der Waals surface area contributed by atoms with Gasteiger partial charge in [-0.3, -0.25) is 0 Å². The maximum atomic E-state index is 5.70. The first-order valence-corrected chi connectivity index (χ1v) is 3.43. The minimum Gasteiger partial charge on any atom is -0.115 e. The summed E-state index contributed by atoms with van der Waals surface area (Å²) in [5.74, 6) is 2.52. The molecule has 0 atom stereocenters. The van der Waals surface area contributed by atoms with E-state index in [9.17, 15) is 0 Å². The molecule has 1 heteroatoms.